The fraction of sp³-hybridized carbons (Fsp3) is 1.00. The van der Waals surface area contributed by atoms with Crippen LogP contribution in [-0.4, -0.2) is 24.8 Å². The second-order valence-electron chi connectivity index (χ2n) is 4.57. The Balaban J connectivity index is 2.79. The summed E-state index contributed by atoms with van der Waals surface area (Å²) >= 11 is 3.63. The summed E-state index contributed by atoms with van der Waals surface area (Å²) in [4.78, 5) is 0.308. The van der Waals surface area contributed by atoms with Crippen LogP contribution in [0, 0.1) is 5.41 Å². The number of alkyl halides is 1. The van der Waals surface area contributed by atoms with Crippen LogP contribution in [0.15, 0.2) is 0 Å². The van der Waals surface area contributed by atoms with Crippen molar-refractivity contribution >= 4 is 15.9 Å². The highest BCUT2D eigenvalue weighted by Crippen LogP contribution is 2.45. The fourth-order valence-corrected chi connectivity index (χ4v) is 2.85. The molecular weight excluding hydrogens is 232 g/mol. The molecule has 0 heterocycles. The maximum atomic E-state index is 5.51. The van der Waals surface area contributed by atoms with Gasteiger partial charge in [-0.15, -0.1) is 0 Å². The van der Waals surface area contributed by atoms with Gasteiger partial charge in [0.25, 0.3) is 0 Å². The summed E-state index contributed by atoms with van der Waals surface area (Å²) in [5.41, 5.74) is 0.316. The van der Waals surface area contributed by atoms with Crippen molar-refractivity contribution in [3.63, 3.8) is 0 Å². The molecule has 0 aromatic carbocycles. The Morgan fingerprint density at radius 1 is 1.23 bits per heavy atom. The predicted molar refractivity (Wildman–Crippen MR) is 57.1 cm³/mol. The minimum absolute atomic E-state index is 0.308. The molecular formula is C10H19BrO2. The Kier molecular flexibility index (Phi) is 3.42. The van der Waals surface area contributed by atoms with E-state index in [1.807, 2.05) is 0 Å². The highest BCUT2D eigenvalue weighted by Gasteiger charge is 2.46. The molecule has 0 aliphatic heterocycles. The average molecular weight is 251 g/mol. The first-order chi connectivity index (χ1) is 5.96. The Bertz CT molecular complexity index is 176. The molecule has 0 radical (unpaired) electrons. The highest BCUT2D eigenvalue weighted by molar-refractivity contribution is 9.09. The van der Waals surface area contributed by atoms with E-state index < -0.39 is 5.79 Å². The molecule has 2 nitrogen and oxygen atoms in total. The summed E-state index contributed by atoms with van der Waals surface area (Å²) in [7, 11) is 3.44. The van der Waals surface area contributed by atoms with Crippen molar-refractivity contribution in [2.75, 3.05) is 14.2 Å². The zero-order valence-electron chi connectivity index (χ0n) is 8.89. The van der Waals surface area contributed by atoms with E-state index >= 15 is 0 Å². The molecule has 0 amide bonds. The Labute approximate surface area is 89.1 Å². The largest absolute Gasteiger partial charge is 0.352 e. The van der Waals surface area contributed by atoms with Crippen LogP contribution in [0.25, 0.3) is 0 Å². The van der Waals surface area contributed by atoms with Gasteiger partial charge in [-0.3, -0.25) is 0 Å². The van der Waals surface area contributed by atoms with Crippen LogP contribution in [0.3, 0.4) is 0 Å². The number of ether oxygens (including phenoxy) is 2. The molecule has 1 aliphatic rings. The lowest BCUT2D eigenvalue weighted by atomic mass is 9.74. The summed E-state index contributed by atoms with van der Waals surface area (Å²) in [5.74, 6) is -0.429. The van der Waals surface area contributed by atoms with Gasteiger partial charge in [0.1, 0.15) is 0 Å². The van der Waals surface area contributed by atoms with Gasteiger partial charge in [0.15, 0.2) is 5.79 Å². The van der Waals surface area contributed by atoms with Crippen molar-refractivity contribution in [2.45, 2.75) is 43.7 Å². The average Bonchev–Trinajstić information content (AvgIpc) is 2.09. The van der Waals surface area contributed by atoms with Crippen molar-refractivity contribution in [1.82, 2.24) is 0 Å². The Morgan fingerprint density at radius 2 is 1.77 bits per heavy atom. The summed E-state index contributed by atoms with van der Waals surface area (Å²) in [5, 5.41) is 0. The van der Waals surface area contributed by atoms with Gasteiger partial charge in [0.2, 0.25) is 0 Å². The van der Waals surface area contributed by atoms with E-state index in [4.69, 9.17) is 9.47 Å². The van der Waals surface area contributed by atoms with Crippen LogP contribution in [0.1, 0.15) is 33.1 Å². The van der Waals surface area contributed by atoms with Crippen LogP contribution in [0.4, 0.5) is 0 Å². The second-order valence-corrected chi connectivity index (χ2v) is 5.67. The first kappa shape index (κ1) is 11.5. The van der Waals surface area contributed by atoms with Gasteiger partial charge >= 0.3 is 0 Å². The van der Waals surface area contributed by atoms with Crippen LogP contribution in [0.2, 0.25) is 0 Å². The Hall–Kier alpha value is 0.400. The van der Waals surface area contributed by atoms with Crippen molar-refractivity contribution < 1.29 is 9.47 Å². The van der Waals surface area contributed by atoms with Crippen LogP contribution < -0.4 is 0 Å². The maximum absolute atomic E-state index is 5.51. The quantitative estimate of drug-likeness (QED) is 0.555. The third-order valence-electron chi connectivity index (χ3n) is 2.97. The van der Waals surface area contributed by atoms with Crippen molar-refractivity contribution in [1.29, 1.82) is 0 Å². The molecule has 0 spiro atoms. The number of halogens is 1. The Morgan fingerprint density at radius 3 is 2.15 bits per heavy atom. The van der Waals surface area contributed by atoms with E-state index in [-0.39, 0.29) is 0 Å². The standard InChI is InChI=1S/C10H19BrO2/c1-9(2)6-5-8(11)10(7-9,12-3)13-4/h8H,5-7H2,1-4H3. The molecule has 3 heteroatoms. The summed E-state index contributed by atoms with van der Waals surface area (Å²) in [6, 6.07) is 0. The molecule has 0 aromatic rings. The molecule has 1 fully saturated rings. The van der Waals surface area contributed by atoms with Gasteiger partial charge in [-0.25, -0.2) is 0 Å². The molecule has 1 unspecified atom stereocenters. The van der Waals surface area contributed by atoms with Crippen LogP contribution in [0.5, 0.6) is 0 Å². The monoisotopic (exact) mass is 250 g/mol. The first-order valence-electron chi connectivity index (χ1n) is 4.70. The van der Waals surface area contributed by atoms with E-state index in [0.29, 0.717) is 10.2 Å². The number of hydrogen-bond acceptors (Lipinski definition) is 2. The predicted octanol–water partition coefficient (Wildman–Crippen LogP) is 2.95. The first-order valence-corrected chi connectivity index (χ1v) is 5.62. The van der Waals surface area contributed by atoms with Crippen LogP contribution >= 0.6 is 15.9 Å². The smallest absolute Gasteiger partial charge is 0.180 e. The lowest BCUT2D eigenvalue weighted by Crippen LogP contribution is -2.49. The lowest BCUT2D eigenvalue weighted by Gasteiger charge is -2.45. The van der Waals surface area contributed by atoms with E-state index in [9.17, 15) is 0 Å². The summed E-state index contributed by atoms with van der Waals surface area (Å²) in [6.45, 7) is 4.53. The van der Waals surface area contributed by atoms with Gasteiger partial charge in [-0.1, -0.05) is 29.8 Å². The molecule has 1 aliphatic carbocycles. The van der Waals surface area contributed by atoms with E-state index in [1.54, 1.807) is 14.2 Å². The summed E-state index contributed by atoms with van der Waals surface area (Å²) < 4.78 is 11.0. The van der Waals surface area contributed by atoms with Gasteiger partial charge in [-0.05, 0) is 18.3 Å². The molecule has 78 valence electrons. The number of methoxy groups -OCH3 is 2. The number of rotatable bonds is 2. The van der Waals surface area contributed by atoms with Gasteiger partial charge in [-0.2, -0.15) is 0 Å². The summed E-state index contributed by atoms with van der Waals surface area (Å²) in [6.07, 6.45) is 3.27. The molecule has 1 rings (SSSR count). The third-order valence-corrected chi connectivity index (χ3v) is 4.12. The molecule has 0 N–H and O–H groups in total. The minimum atomic E-state index is -0.429. The lowest BCUT2D eigenvalue weighted by molar-refractivity contribution is -0.234. The van der Waals surface area contributed by atoms with Crippen molar-refractivity contribution in [3.8, 4) is 0 Å². The van der Waals surface area contributed by atoms with Gasteiger partial charge in [0.05, 0.1) is 4.83 Å². The second kappa shape index (κ2) is 3.87. The third kappa shape index (κ3) is 2.25. The fourth-order valence-electron chi connectivity index (χ4n) is 2.09. The molecule has 13 heavy (non-hydrogen) atoms. The number of hydrogen-bond donors (Lipinski definition) is 0. The van der Waals surface area contributed by atoms with E-state index in [0.717, 1.165) is 12.8 Å². The van der Waals surface area contributed by atoms with Crippen molar-refractivity contribution in [3.05, 3.63) is 0 Å². The van der Waals surface area contributed by atoms with Gasteiger partial charge < -0.3 is 9.47 Å². The molecule has 1 saturated carbocycles. The van der Waals surface area contributed by atoms with E-state index in [1.165, 1.54) is 6.42 Å². The molecule has 1 atom stereocenters. The zero-order chi connectivity index (χ0) is 10.1. The van der Waals surface area contributed by atoms with Crippen molar-refractivity contribution in [2.24, 2.45) is 5.41 Å². The normalized spacial score (nSPS) is 31.6. The maximum Gasteiger partial charge on any atom is 0.180 e. The van der Waals surface area contributed by atoms with E-state index in [2.05, 4.69) is 29.8 Å². The topological polar surface area (TPSA) is 18.5 Å². The zero-order valence-corrected chi connectivity index (χ0v) is 10.5. The minimum Gasteiger partial charge on any atom is -0.352 e. The molecule has 0 saturated heterocycles. The van der Waals surface area contributed by atoms with Gasteiger partial charge in [0, 0.05) is 20.6 Å². The molecule has 0 bridgehead atoms. The molecule has 0 aromatic heterocycles. The van der Waals surface area contributed by atoms with Crippen LogP contribution in [-0.2, 0) is 9.47 Å². The highest BCUT2D eigenvalue weighted by atomic mass is 79.9. The SMILES string of the molecule is COC1(OC)CC(C)(C)CCC1Br.